The van der Waals surface area contributed by atoms with E-state index in [0.29, 0.717) is 12.5 Å². The Hall–Kier alpha value is -0.510. The number of ether oxygens (including phenoxy) is 1. The minimum atomic E-state index is 0.479. The summed E-state index contributed by atoms with van der Waals surface area (Å²) in [7, 11) is 0. The zero-order valence-corrected chi connectivity index (χ0v) is 13.1. The fourth-order valence-corrected chi connectivity index (χ4v) is 2.06. The fraction of sp³-hybridized carbons (Fsp3) is 0.429. The predicted octanol–water partition coefficient (Wildman–Crippen LogP) is 4.33. The largest absolute Gasteiger partial charge is 0.488 e. The van der Waals surface area contributed by atoms with Crippen LogP contribution in [0.25, 0.3) is 0 Å². The molecule has 0 saturated carbocycles. The molecule has 0 aliphatic carbocycles. The SMILES string of the molecule is CC(C)CNCc1ccc(OCC=CCl)c(Br)c1. The molecule has 0 aliphatic rings. The number of hydrogen-bond donors (Lipinski definition) is 1. The highest BCUT2D eigenvalue weighted by atomic mass is 79.9. The van der Waals surface area contributed by atoms with Gasteiger partial charge in [-0.05, 0) is 52.2 Å². The molecule has 1 rings (SSSR count). The normalized spacial score (nSPS) is 11.4. The second kappa shape index (κ2) is 8.57. The second-order valence-electron chi connectivity index (χ2n) is 4.46. The Morgan fingerprint density at radius 2 is 2.22 bits per heavy atom. The Morgan fingerprint density at radius 3 is 2.83 bits per heavy atom. The monoisotopic (exact) mass is 331 g/mol. The molecule has 0 aromatic heterocycles. The summed E-state index contributed by atoms with van der Waals surface area (Å²) in [4.78, 5) is 0. The maximum absolute atomic E-state index is 5.54. The van der Waals surface area contributed by atoms with E-state index in [0.717, 1.165) is 23.3 Å². The summed E-state index contributed by atoms with van der Waals surface area (Å²) in [5.41, 5.74) is 2.70. The first-order valence-electron chi connectivity index (χ1n) is 6.00. The van der Waals surface area contributed by atoms with Gasteiger partial charge in [0.25, 0.3) is 0 Å². The van der Waals surface area contributed by atoms with Crippen LogP contribution in [-0.4, -0.2) is 13.2 Å². The summed E-state index contributed by atoms with van der Waals surface area (Å²) >= 11 is 8.95. The third-order valence-corrected chi connectivity index (χ3v) is 3.10. The Labute approximate surface area is 122 Å². The highest BCUT2D eigenvalue weighted by molar-refractivity contribution is 9.10. The number of halogens is 2. The van der Waals surface area contributed by atoms with Crippen LogP contribution in [0.4, 0.5) is 0 Å². The molecule has 1 aromatic rings. The molecule has 2 nitrogen and oxygen atoms in total. The first-order valence-corrected chi connectivity index (χ1v) is 7.23. The van der Waals surface area contributed by atoms with Crippen LogP contribution in [0.3, 0.4) is 0 Å². The zero-order chi connectivity index (χ0) is 13.4. The van der Waals surface area contributed by atoms with Crippen LogP contribution in [0.1, 0.15) is 19.4 Å². The predicted molar refractivity (Wildman–Crippen MR) is 81.2 cm³/mol. The van der Waals surface area contributed by atoms with Gasteiger partial charge in [0.2, 0.25) is 0 Å². The quantitative estimate of drug-likeness (QED) is 0.802. The van der Waals surface area contributed by atoms with Gasteiger partial charge in [-0.2, -0.15) is 0 Å². The molecule has 100 valence electrons. The zero-order valence-electron chi connectivity index (χ0n) is 10.7. The van der Waals surface area contributed by atoms with Crippen molar-refractivity contribution in [2.45, 2.75) is 20.4 Å². The average molecular weight is 333 g/mol. The minimum Gasteiger partial charge on any atom is -0.488 e. The third kappa shape index (κ3) is 5.89. The summed E-state index contributed by atoms with van der Waals surface area (Å²) in [6.07, 6.45) is 1.76. The van der Waals surface area contributed by atoms with Crippen LogP contribution in [-0.2, 0) is 6.54 Å². The van der Waals surface area contributed by atoms with E-state index < -0.39 is 0 Å². The van der Waals surface area contributed by atoms with Crippen molar-refractivity contribution < 1.29 is 4.74 Å². The van der Waals surface area contributed by atoms with Gasteiger partial charge in [0, 0.05) is 12.1 Å². The summed E-state index contributed by atoms with van der Waals surface area (Å²) in [6.45, 7) is 6.77. The lowest BCUT2D eigenvalue weighted by atomic mass is 10.2. The average Bonchev–Trinajstić information content (AvgIpc) is 2.31. The van der Waals surface area contributed by atoms with E-state index in [1.807, 2.05) is 6.07 Å². The van der Waals surface area contributed by atoms with Crippen molar-refractivity contribution in [2.24, 2.45) is 5.92 Å². The molecule has 0 amide bonds. The Kier molecular flexibility index (Phi) is 7.40. The Balaban J connectivity index is 2.50. The fourth-order valence-electron chi connectivity index (χ4n) is 1.45. The van der Waals surface area contributed by atoms with Crippen molar-refractivity contribution in [3.8, 4) is 5.75 Å². The second-order valence-corrected chi connectivity index (χ2v) is 5.57. The van der Waals surface area contributed by atoms with E-state index in [4.69, 9.17) is 16.3 Å². The van der Waals surface area contributed by atoms with E-state index in [1.54, 1.807) is 6.08 Å². The molecule has 1 aromatic carbocycles. The third-order valence-electron chi connectivity index (χ3n) is 2.30. The van der Waals surface area contributed by atoms with Crippen molar-refractivity contribution in [3.63, 3.8) is 0 Å². The van der Waals surface area contributed by atoms with Crippen molar-refractivity contribution in [3.05, 3.63) is 39.8 Å². The summed E-state index contributed by atoms with van der Waals surface area (Å²) in [5, 5.41) is 3.41. The maximum Gasteiger partial charge on any atom is 0.133 e. The summed E-state index contributed by atoms with van der Waals surface area (Å²) in [6, 6.07) is 6.11. The van der Waals surface area contributed by atoms with Crippen molar-refractivity contribution in [1.29, 1.82) is 0 Å². The lowest BCUT2D eigenvalue weighted by molar-refractivity contribution is 0.360. The molecule has 0 bridgehead atoms. The van der Waals surface area contributed by atoms with Gasteiger partial charge in [0.1, 0.15) is 12.4 Å². The standard InChI is InChI=1S/C14H19BrClNO/c1-11(2)9-17-10-12-4-5-14(13(15)8-12)18-7-3-6-16/h3-6,8,11,17H,7,9-10H2,1-2H3. The lowest BCUT2D eigenvalue weighted by Crippen LogP contribution is -2.18. The smallest absolute Gasteiger partial charge is 0.133 e. The van der Waals surface area contributed by atoms with Gasteiger partial charge >= 0.3 is 0 Å². The van der Waals surface area contributed by atoms with Crippen LogP contribution in [0, 0.1) is 5.92 Å². The van der Waals surface area contributed by atoms with Crippen molar-refractivity contribution >= 4 is 27.5 Å². The van der Waals surface area contributed by atoms with Crippen LogP contribution in [0.2, 0.25) is 0 Å². The van der Waals surface area contributed by atoms with Gasteiger partial charge in [-0.1, -0.05) is 31.5 Å². The molecule has 1 N–H and O–H groups in total. The molecule has 0 atom stereocenters. The molecule has 0 spiro atoms. The van der Waals surface area contributed by atoms with E-state index in [2.05, 4.69) is 47.2 Å². The van der Waals surface area contributed by atoms with Gasteiger partial charge in [-0.25, -0.2) is 0 Å². The van der Waals surface area contributed by atoms with E-state index >= 15 is 0 Å². The first-order chi connectivity index (χ1) is 8.63. The minimum absolute atomic E-state index is 0.479. The van der Waals surface area contributed by atoms with Gasteiger partial charge in [0.05, 0.1) is 4.47 Å². The number of hydrogen-bond acceptors (Lipinski definition) is 2. The Morgan fingerprint density at radius 1 is 1.44 bits per heavy atom. The van der Waals surface area contributed by atoms with Crippen LogP contribution >= 0.6 is 27.5 Å². The lowest BCUT2D eigenvalue weighted by Gasteiger charge is -2.10. The maximum atomic E-state index is 5.54. The van der Waals surface area contributed by atoms with Crippen LogP contribution in [0.5, 0.6) is 5.75 Å². The molecule has 18 heavy (non-hydrogen) atoms. The molecule has 0 unspecified atom stereocenters. The molecule has 4 heteroatoms. The Bertz CT molecular complexity index is 393. The van der Waals surface area contributed by atoms with E-state index in [-0.39, 0.29) is 0 Å². The van der Waals surface area contributed by atoms with Gasteiger partial charge in [0.15, 0.2) is 0 Å². The summed E-state index contributed by atoms with van der Waals surface area (Å²) < 4.78 is 6.50. The molecule has 0 saturated heterocycles. The molecular formula is C14H19BrClNO. The van der Waals surface area contributed by atoms with Crippen LogP contribution < -0.4 is 10.1 Å². The summed E-state index contributed by atoms with van der Waals surface area (Å²) in [5.74, 6) is 1.50. The topological polar surface area (TPSA) is 21.3 Å². The van der Waals surface area contributed by atoms with Crippen LogP contribution in [0.15, 0.2) is 34.3 Å². The molecular weight excluding hydrogens is 314 g/mol. The van der Waals surface area contributed by atoms with E-state index in [9.17, 15) is 0 Å². The number of rotatable bonds is 7. The van der Waals surface area contributed by atoms with Gasteiger partial charge < -0.3 is 10.1 Å². The number of nitrogens with one attached hydrogen (secondary N) is 1. The van der Waals surface area contributed by atoms with Gasteiger partial charge in [-0.15, -0.1) is 0 Å². The molecule has 0 aliphatic heterocycles. The van der Waals surface area contributed by atoms with Gasteiger partial charge in [-0.3, -0.25) is 0 Å². The van der Waals surface area contributed by atoms with Crippen molar-refractivity contribution in [1.82, 2.24) is 5.32 Å². The molecule has 0 heterocycles. The molecule has 0 fully saturated rings. The van der Waals surface area contributed by atoms with E-state index in [1.165, 1.54) is 11.1 Å². The van der Waals surface area contributed by atoms with Crippen molar-refractivity contribution in [2.75, 3.05) is 13.2 Å². The first kappa shape index (κ1) is 15.5. The molecule has 0 radical (unpaired) electrons. The highest BCUT2D eigenvalue weighted by Gasteiger charge is 2.02. The highest BCUT2D eigenvalue weighted by Crippen LogP contribution is 2.26. The number of benzene rings is 1.